The second-order valence-electron chi connectivity index (χ2n) is 11.6. The van der Waals surface area contributed by atoms with Crippen molar-refractivity contribution in [2.24, 2.45) is 5.92 Å². The van der Waals surface area contributed by atoms with E-state index in [0.717, 1.165) is 34.4 Å². The Balaban J connectivity index is 1.52. The van der Waals surface area contributed by atoms with Crippen molar-refractivity contribution < 1.29 is 4.42 Å². The van der Waals surface area contributed by atoms with E-state index in [9.17, 15) is 0 Å². The summed E-state index contributed by atoms with van der Waals surface area (Å²) < 4.78 is 7.84. The molecular formula is C34H33NOS. The first-order valence-corrected chi connectivity index (χ1v) is 14.0. The van der Waals surface area contributed by atoms with Gasteiger partial charge in [-0.2, -0.15) is 0 Å². The maximum absolute atomic E-state index is 6.51. The van der Waals surface area contributed by atoms with Gasteiger partial charge >= 0.3 is 0 Å². The number of fused-ring (bicyclic) bond motifs is 3. The van der Waals surface area contributed by atoms with Crippen molar-refractivity contribution >= 4 is 43.2 Å². The number of aryl methyl sites for hydroxylation is 1. The molecule has 0 N–H and O–H groups in total. The van der Waals surface area contributed by atoms with E-state index < -0.39 is 0 Å². The number of furan rings is 1. The van der Waals surface area contributed by atoms with Crippen LogP contribution >= 0.6 is 11.3 Å². The fraction of sp³-hybridized carbons (Fsp3) is 0.265. The molecule has 0 aliphatic heterocycles. The minimum atomic E-state index is 0.0200. The molecule has 0 fully saturated rings. The summed E-state index contributed by atoms with van der Waals surface area (Å²) in [6.07, 6.45) is 2.97. The topological polar surface area (TPSA) is 26.0 Å². The molecule has 0 radical (unpaired) electrons. The van der Waals surface area contributed by atoms with E-state index in [0.29, 0.717) is 5.92 Å². The molecular weight excluding hydrogens is 470 g/mol. The molecule has 0 atom stereocenters. The maximum Gasteiger partial charge on any atom is 0.138 e. The summed E-state index contributed by atoms with van der Waals surface area (Å²) in [6, 6.07) is 24.3. The van der Waals surface area contributed by atoms with Crippen LogP contribution in [0.1, 0.15) is 50.6 Å². The van der Waals surface area contributed by atoms with Crippen LogP contribution in [-0.4, -0.2) is 4.98 Å². The van der Waals surface area contributed by atoms with Gasteiger partial charge in [-0.1, -0.05) is 71.0 Å². The highest BCUT2D eigenvalue weighted by atomic mass is 32.1. The molecule has 6 rings (SSSR count). The van der Waals surface area contributed by atoms with Gasteiger partial charge in [-0.15, -0.1) is 11.3 Å². The molecule has 3 aromatic carbocycles. The summed E-state index contributed by atoms with van der Waals surface area (Å²) in [4.78, 5) is 6.15. The van der Waals surface area contributed by atoms with Gasteiger partial charge in [-0.25, -0.2) is 0 Å². The van der Waals surface area contributed by atoms with Gasteiger partial charge in [0.2, 0.25) is 0 Å². The Morgan fingerprint density at radius 3 is 2.49 bits per heavy atom. The molecule has 37 heavy (non-hydrogen) atoms. The van der Waals surface area contributed by atoms with Gasteiger partial charge in [0.25, 0.3) is 0 Å². The van der Waals surface area contributed by atoms with Crippen LogP contribution in [0.3, 0.4) is 0 Å². The number of hydrogen-bond acceptors (Lipinski definition) is 3. The molecule has 0 saturated carbocycles. The molecule has 0 aliphatic rings. The third-order valence-corrected chi connectivity index (χ3v) is 8.28. The van der Waals surface area contributed by atoms with Gasteiger partial charge in [0.1, 0.15) is 11.3 Å². The van der Waals surface area contributed by atoms with Crippen molar-refractivity contribution in [2.75, 3.05) is 0 Å². The van der Waals surface area contributed by atoms with E-state index >= 15 is 0 Å². The Morgan fingerprint density at radius 2 is 1.70 bits per heavy atom. The summed E-state index contributed by atoms with van der Waals surface area (Å²) in [7, 11) is 0. The summed E-state index contributed by atoms with van der Waals surface area (Å²) in [5.41, 5.74) is 6.93. The largest absolute Gasteiger partial charge is 0.456 e. The number of hydrogen-bond donors (Lipinski definition) is 0. The average molecular weight is 504 g/mol. The fourth-order valence-corrected chi connectivity index (χ4v) is 6.68. The van der Waals surface area contributed by atoms with Crippen LogP contribution in [0.4, 0.5) is 0 Å². The number of benzene rings is 3. The van der Waals surface area contributed by atoms with Crippen LogP contribution < -0.4 is 0 Å². The van der Waals surface area contributed by atoms with Crippen molar-refractivity contribution in [3.05, 3.63) is 88.9 Å². The smallest absolute Gasteiger partial charge is 0.138 e. The molecule has 0 aliphatic carbocycles. The highest BCUT2D eigenvalue weighted by Crippen LogP contribution is 2.43. The maximum atomic E-state index is 6.51. The van der Waals surface area contributed by atoms with Crippen LogP contribution in [0.25, 0.3) is 54.4 Å². The molecule has 0 saturated heterocycles. The minimum Gasteiger partial charge on any atom is -0.456 e. The predicted molar refractivity (Wildman–Crippen MR) is 160 cm³/mol. The van der Waals surface area contributed by atoms with Crippen molar-refractivity contribution in [2.45, 2.75) is 53.4 Å². The van der Waals surface area contributed by atoms with E-state index in [4.69, 9.17) is 9.40 Å². The van der Waals surface area contributed by atoms with Crippen LogP contribution in [0.15, 0.2) is 77.3 Å². The van der Waals surface area contributed by atoms with Crippen LogP contribution in [0.2, 0.25) is 0 Å². The third kappa shape index (κ3) is 4.26. The molecule has 0 spiro atoms. The van der Waals surface area contributed by atoms with Gasteiger partial charge in [0.15, 0.2) is 0 Å². The lowest BCUT2D eigenvalue weighted by molar-refractivity contribution is 0.596. The third-order valence-electron chi connectivity index (χ3n) is 7.21. The zero-order valence-corrected chi connectivity index (χ0v) is 23.3. The molecule has 186 valence electrons. The zero-order chi connectivity index (χ0) is 25.9. The zero-order valence-electron chi connectivity index (χ0n) is 22.5. The first kappa shape index (κ1) is 23.9. The van der Waals surface area contributed by atoms with Crippen molar-refractivity contribution in [1.82, 2.24) is 4.98 Å². The van der Waals surface area contributed by atoms with Crippen LogP contribution in [-0.2, 0) is 11.8 Å². The van der Waals surface area contributed by atoms with Gasteiger partial charge in [0, 0.05) is 37.7 Å². The standard InChI is InChI=1S/C34H33NOS/c1-20(2)15-22-11-12-26-31(16-22)37-21(3)32(26)30-19-27-29(36-30)13-14-35-33(27)24-17-23-9-7-8-10-25(23)28(18-24)34(4,5)6/h7-14,16-20H,15H2,1-6H3. The molecule has 3 aromatic heterocycles. The second-order valence-corrected chi connectivity index (χ2v) is 12.9. The first-order chi connectivity index (χ1) is 17.7. The number of aromatic nitrogens is 1. The first-order valence-electron chi connectivity index (χ1n) is 13.1. The lowest BCUT2D eigenvalue weighted by Gasteiger charge is -2.22. The van der Waals surface area contributed by atoms with E-state index in [1.165, 1.54) is 42.4 Å². The molecule has 3 heterocycles. The summed E-state index contributed by atoms with van der Waals surface area (Å²) >= 11 is 1.86. The Hall–Kier alpha value is -3.43. The normalized spacial score (nSPS) is 12.4. The van der Waals surface area contributed by atoms with Crippen LogP contribution in [0, 0.1) is 12.8 Å². The Morgan fingerprint density at radius 1 is 0.892 bits per heavy atom. The monoisotopic (exact) mass is 503 g/mol. The van der Waals surface area contributed by atoms with Crippen molar-refractivity contribution in [3.63, 3.8) is 0 Å². The van der Waals surface area contributed by atoms with E-state index in [1.54, 1.807) is 0 Å². The quantitative estimate of drug-likeness (QED) is 0.239. The van der Waals surface area contributed by atoms with E-state index in [1.807, 2.05) is 23.6 Å². The second kappa shape index (κ2) is 8.85. The van der Waals surface area contributed by atoms with Gasteiger partial charge in [-0.3, -0.25) is 4.98 Å². The molecule has 0 amide bonds. The molecule has 2 nitrogen and oxygen atoms in total. The number of nitrogens with zero attached hydrogens (tertiary/aromatic N) is 1. The summed E-state index contributed by atoms with van der Waals surface area (Å²) in [5, 5.41) is 4.87. The molecule has 6 aromatic rings. The van der Waals surface area contributed by atoms with Gasteiger partial charge in [-0.05, 0) is 76.9 Å². The fourth-order valence-electron chi connectivity index (χ4n) is 5.55. The highest BCUT2D eigenvalue weighted by molar-refractivity contribution is 7.19. The van der Waals surface area contributed by atoms with Gasteiger partial charge in [0.05, 0.1) is 5.69 Å². The Labute approximate surface area is 223 Å². The Kier molecular flexibility index (Phi) is 5.72. The van der Waals surface area contributed by atoms with Crippen molar-refractivity contribution in [1.29, 1.82) is 0 Å². The molecule has 0 bridgehead atoms. The number of rotatable bonds is 4. The molecule has 0 unspecified atom stereocenters. The minimum absolute atomic E-state index is 0.0200. The highest BCUT2D eigenvalue weighted by Gasteiger charge is 2.21. The number of pyridine rings is 1. The Bertz CT molecular complexity index is 1780. The summed E-state index contributed by atoms with van der Waals surface area (Å²) in [5.74, 6) is 1.56. The summed E-state index contributed by atoms with van der Waals surface area (Å²) in [6.45, 7) is 13.6. The van der Waals surface area contributed by atoms with E-state index in [2.05, 4.69) is 102 Å². The van der Waals surface area contributed by atoms with Crippen molar-refractivity contribution in [3.8, 4) is 22.6 Å². The van der Waals surface area contributed by atoms with E-state index in [-0.39, 0.29) is 5.41 Å². The molecule has 3 heteroatoms. The average Bonchev–Trinajstić information content (AvgIpc) is 3.41. The lowest BCUT2D eigenvalue weighted by Crippen LogP contribution is -2.12. The predicted octanol–water partition coefficient (Wildman–Crippen LogP) is 10.3. The van der Waals surface area contributed by atoms with Crippen LogP contribution in [0.5, 0.6) is 0 Å². The number of thiophene rings is 1. The SMILES string of the molecule is Cc1sc2cc(CC(C)C)ccc2c1-c1cc2c(-c3cc(C(C)(C)C)c4ccccc4c3)nccc2o1. The van der Waals surface area contributed by atoms with Gasteiger partial charge < -0.3 is 4.42 Å². The lowest BCUT2D eigenvalue weighted by atomic mass is 9.82.